The third-order valence-electron chi connectivity index (χ3n) is 6.46. The number of halogens is 1. The summed E-state index contributed by atoms with van der Waals surface area (Å²) in [6.45, 7) is 3.54. The van der Waals surface area contributed by atoms with Gasteiger partial charge < -0.3 is 24.0 Å². The molecule has 0 spiro atoms. The number of rotatable bonds is 15. The summed E-state index contributed by atoms with van der Waals surface area (Å²) in [5.74, 6) is -0.204. The van der Waals surface area contributed by atoms with Crippen molar-refractivity contribution in [1.29, 1.82) is 0 Å². The van der Waals surface area contributed by atoms with Crippen LogP contribution in [0.2, 0.25) is 5.15 Å². The lowest BCUT2D eigenvalue weighted by atomic mass is 9.98. The van der Waals surface area contributed by atoms with Crippen molar-refractivity contribution in [3.63, 3.8) is 0 Å². The van der Waals surface area contributed by atoms with Gasteiger partial charge in [-0.2, -0.15) is 0 Å². The maximum Gasteiger partial charge on any atom is 0.510 e. The van der Waals surface area contributed by atoms with Gasteiger partial charge in [0.1, 0.15) is 5.82 Å². The molecule has 1 N–H and O–H groups in total. The molecule has 44 heavy (non-hydrogen) atoms. The summed E-state index contributed by atoms with van der Waals surface area (Å²) in [5.41, 5.74) is 3.21. The number of carbonyl (C=O) groups is 2. The van der Waals surface area contributed by atoms with E-state index in [4.69, 9.17) is 21.1 Å². The first-order valence-electron chi connectivity index (χ1n) is 13.7. The molecule has 15 nitrogen and oxygen atoms in total. The fourth-order valence-corrected chi connectivity index (χ4v) is 4.61. The minimum Gasteiger partial charge on any atom is -0.476 e. The quantitative estimate of drug-likeness (QED) is 0.0785. The second-order valence-corrected chi connectivity index (χ2v) is 9.92. The number of carboxylic acid groups (broad SMARTS) is 1. The lowest BCUT2D eigenvalue weighted by Gasteiger charge is -2.12. The molecule has 0 radical (unpaired) electrons. The van der Waals surface area contributed by atoms with E-state index in [-0.39, 0.29) is 30.5 Å². The smallest absolute Gasteiger partial charge is 0.476 e. The van der Waals surface area contributed by atoms with Gasteiger partial charge in [-0.05, 0) is 35.2 Å². The van der Waals surface area contributed by atoms with Crippen LogP contribution in [0.4, 0.5) is 4.79 Å². The van der Waals surface area contributed by atoms with Crippen molar-refractivity contribution in [1.82, 2.24) is 29.8 Å². The summed E-state index contributed by atoms with van der Waals surface area (Å²) in [6, 6.07) is 15.1. The monoisotopic (exact) mass is 627 g/mol. The molecular formula is C28H30ClN7O8. The first kappa shape index (κ1) is 31.9. The Kier molecular flexibility index (Phi) is 10.8. The highest BCUT2D eigenvalue weighted by atomic mass is 35.5. The molecule has 0 saturated heterocycles. The number of unbranched alkanes of at least 4 members (excludes halogenated alkanes) is 1. The van der Waals surface area contributed by atoms with E-state index in [1.54, 1.807) is 4.57 Å². The van der Waals surface area contributed by atoms with Crippen LogP contribution in [-0.2, 0) is 27.3 Å². The summed E-state index contributed by atoms with van der Waals surface area (Å²) < 4.78 is 11.7. The van der Waals surface area contributed by atoms with Crippen LogP contribution in [0.1, 0.15) is 61.2 Å². The van der Waals surface area contributed by atoms with Crippen LogP contribution in [0.25, 0.3) is 22.5 Å². The molecular weight excluding hydrogens is 598 g/mol. The van der Waals surface area contributed by atoms with Crippen molar-refractivity contribution in [2.75, 3.05) is 13.2 Å². The molecule has 4 rings (SSSR count). The van der Waals surface area contributed by atoms with E-state index in [1.165, 1.54) is 6.92 Å². The number of benzene rings is 2. The fraction of sp³-hybridized carbons (Fsp3) is 0.357. The van der Waals surface area contributed by atoms with Crippen LogP contribution in [0.5, 0.6) is 0 Å². The zero-order chi connectivity index (χ0) is 31.6. The summed E-state index contributed by atoms with van der Waals surface area (Å²) >= 11 is 6.17. The van der Waals surface area contributed by atoms with Gasteiger partial charge in [-0.1, -0.05) is 73.5 Å². The fourth-order valence-electron chi connectivity index (χ4n) is 4.33. The lowest BCUT2D eigenvalue weighted by Crippen LogP contribution is -2.18. The largest absolute Gasteiger partial charge is 0.510 e. The van der Waals surface area contributed by atoms with Gasteiger partial charge in [-0.25, -0.2) is 14.6 Å². The first-order chi connectivity index (χ1) is 21.2. The second kappa shape index (κ2) is 14.9. The number of carboxylic acids is 1. The van der Waals surface area contributed by atoms with Gasteiger partial charge in [-0.3, -0.25) is 0 Å². The maximum atomic E-state index is 12.0. The van der Waals surface area contributed by atoms with E-state index in [2.05, 4.69) is 32.2 Å². The standard InChI is InChI=1S/C28H30ClN7O8/c1-3-4-10-23-30-25(29)24(27(37)38)34(23)17-19-11-13-20(14-12-19)21-8-5-6-9-22(21)26-31-33-35(32-26)18(2)44-28(39)42-15-7-16-43-36(40)41/h5-6,8-9,11-14,18H,3-4,7,10,15-17H2,1-2H3,(H,37,38). The summed E-state index contributed by atoms with van der Waals surface area (Å²) in [6.07, 6.45) is 0.598. The normalized spacial score (nSPS) is 11.6. The number of tetrazole rings is 1. The van der Waals surface area contributed by atoms with Gasteiger partial charge in [0.05, 0.1) is 13.2 Å². The topological polar surface area (TPSA) is 187 Å². The van der Waals surface area contributed by atoms with Crippen molar-refractivity contribution < 1.29 is 34.1 Å². The molecule has 2 aromatic carbocycles. The minimum atomic E-state index is -1.13. The predicted octanol–water partition coefficient (Wildman–Crippen LogP) is 5.22. The number of ether oxygens (including phenoxy) is 2. The molecule has 2 heterocycles. The van der Waals surface area contributed by atoms with Gasteiger partial charge in [0, 0.05) is 24.9 Å². The Hall–Kier alpha value is -5.05. The Balaban J connectivity index is 1.46. The van der Waals surface area contributed by atoms with Crippen molar-refractivity contribution in [2.24, 2.45) is 0 Å². The molecule has 0 amide bonds. The van der Waals surface area contributed by atoms with Crippen LogP contribution < -0.4 is 0 Å². The van der Waals surface area contributed by atoms with E-state index in [0.717, 1.165) is 34.3 Å². The molecule has 1 atom stereocenters. The second-order valence-electron chi connectivity index (χ2n) is 9.56. The number of imidazole rings is 1. The number of hydrogen-bond acceptors (Lipinski definition) is 11. The highest BCUT2D eigenvalue weighted by molar-refractivity contribution is 6.32. The predicted molar refractivity (Wildman–Crippen MR) is 155 cm³/mol. The molecule has 232 valence electrons. The highest BCUT2D eigenvalue weighted by Gasteiger charge is 2.22. The third kappa shape index (κ3) is 8.06. The molecule has 4 aromatic rings. The SMILES string of the molecule is CCCCc1nc(Cl)c(C(=O)O)n1Cc1ccc(-c2ccccc2-c2nnn(C(C)OC(=O)OCCCO[N+](=O)[O-])n2)cc1. The van der Waals surface area contributed by atoms with Gasteiger partial charge >= 0.3 is 12.1 Å². The van der Waals surface area contributed by atoms with E-state index in [0.29, 0.717) is 30.2 Å². The van der Waals surface area contributed by atoms with Crippen molar-refractivity contribution >= 4 is 23.7 Å². The van der Waals surface area contributed by atoms with Gasteiger partial charge in [0.15, 0.2) is 10.8 Å². The molecule has 16 heteroatoms. The minimum absolute atomic E-state index is 0.0217. The number of aromatic nitrogens is 6. The first-order valence-corrected chi connectivity index (χ1v) is 14.1. The zero-order valence-corrected chi connectivity index (χ0v) is 24.7. The van der Waals surface area contributed by atoms with Gasteiger partial charge in [-0.15, -0.1) is 25.1 Å². The van der Waals surface area contributed by atoms with E-state index >= 15 is 0 Å². The maximum absolute atomic E-state index is 12.0. The van der Waals surface area contributed by atoms with Crippen molar-refractivity contribution in [3.05, 3.63) is 80.9 Å². The van der Waals surface area contributed by atoms with Crippen molar-refractivity contribution in [3.8, 4) is 22.5 Å². The zero-order valence-electron chi connectivity index (χ0n) is 24.0. The number of aryl methyl sites for hydroxylation is 1. The van der Waals surface area contributed by atoms with E-state index in [1.807, 2.05) is 48.5 Å². The number of aromatic carboxylic acids is 1. The lowest BCUT2D eigenvalue weighted by molar-refractivity contribution is -0.757. The number of nitrogens with zero attached hydrogens (tertiary/aromatic N) is 7. The summed E-state index contributed by atoms with van der Waals surface area (Å²) in [5, 5.41) is 31.4. The molecule has 2 aromatic heterocycles. The van der Waals surface area contributed by atoms with Crippen LogP contribution in [0, 0.1) is 10.1 Å². The Morgan fingerprint density at radius 3 is 2.50 bits per heavy atom. The third-order valence-corrected chi connectivity index (χ3v) is 6.72. The Labute approximate surface area is 256 Å². The van der Waals surface area contributed by atoms with Crippen molar-refractivity contribution in [2.45, 2.75) is 52.3 Å². The van der Waals surface area contributed by atoms with Crippen LogP contribution in [-0.4, -0.2) is 65.3 Å². The average molecular weight is 628 g/mol. The molecule has 0 saturated carbocycles. The summed E-state index contributed by atoms with van der Waals surface area (Å²) in [7, 11) is 0. The van der Waals surface area contributed by atoms with Gasteiger partial charge in [0.2, 0.25) is 12.1 Å². The van der Waals surface area contributed by atoms with Crippen LogP contribution in [0.3, 0.4) is 0 Å². The van der Waals surface area contributed by atoms with Crippen LogP contribution >= 0.6 is 11.6 Å². The molecule has 0 aliphatic heterocycles. The summed E-state index contributed by atoms with van der Waals surface area (Å²) in [4.78, 5) is 43.6. The molecule has 0 aliphatic rings. The molecule has 0 bridgehead atoms. The number of carbonyl (C=O) groups excluding carboxylic acids is 1. The average Bonchev–Trinajstić information content (AvgIpc) is 3.61. The Bertz CT molecular complexity index is 1610. The Morgan fingerprint density at radius 1 is 1.09 bits per heavy atom. The molecule has 0 aliphatic carbocycles. The van der Waals surface area contributed by atoms with Gasteiger partial charge in [0.25, 0.3) is 5.09 Å². The number of hydrogen-bond donors (Lipinski definition) is 1. The Morgan fingerprint density at radius 2 is 1.82 bits per heavy atom. The van der Waals surface area contributed by atoms with E-state index < -0.39 is 23.4 Å². The molecule has 1 unspecified atom stereocenters. The van der Waals surface area contributed by atoms with E-state index in [9.17, 15) is 24.8 Å². The van der Waals surface area contributed by atoms with Crippen LogP contribution in [0.15, 0.2) is 48.5 Å². The highest BCUT2D eigenvalue weighted by Crippen LogP contribution is 2.30. The molecule has 0 fully saturated rings.